The van der Waals surface area contributed by atoms with E-state index in [4.69, 9.17) is 21.6 Å². The van der Waals surface area contributed by atoms with Crippen LogP contribution in [0.25, 0.3) is 21.9 Å². The van der Waals surface area contributed by atoms with Crippen molar-refractivity contribution in [1.82, 2.24) is 4.98 Å². The van der Waals surface area contributed by atoms with E-state index in [2.05, 4.69) is 4.98 Å². The maximum absolute atomic E-state index is 9.11. The van der Waals surface area contributed by atoms with Crippen LogP contribution in [0.2, 0.25) is 5.15 Å². The van der Waals surface area contributed by atoms with Crippen molar-refractivity contribution < 1.29 is 4.74 Å². The average molecular weight is 295 g/mol. The summed E-state index contributed by atoms with van der Waals surface area (Å²) in [6.07, 6.45) is 0. The molecule has 0 atom stereocenters. The van der Waals surface area contributed by atoms with E-state index >= 15 is 0 Å². The van der Waals surface area contributed by atoms with E-state index in [9.17, 15) is 0 Å². The zero-order valence-corrected chi connectivity index (χ0v) is 12.1. The lowest BCUT2D eigenvalue weighted by Crippen LogP contribution is -1.93. The van der Waals surface area contributed by atoms with Crippen LogP contribution in [-0.2, 0) is 0 Å². The molecule has 2 aromatic carbocycles. The van der Waals surface area contributed by atoms with Crippen LogP contribution in [0.15, 0.2) is 48.5 Å². The maximum atomic E-state index is 9.11. The molecule has 0 unspecified atom stereocenters. The first-order valence-electron chi connectivity index (χ1n) is 6.37. The van der Waals surface area contributed by atoms with Crippen molar-refractivity contribution in [2.45, 2.75) is 0 Å². The van der Waals surface area contributed by atoms with E-state index in [1.165, 1.54) is 0 Å². The molecule has 0 amide bonds. The predicted molar refractivity (Wildman–Crippen MR) is 83.5 cm³/mol. The van der Waals surface area contributed by atoms with Gasteiger partial charge in [0.1, 0.15) is 22.7 Å². The van der Waals surface area contributed by atoms with Gasteiger partial charge in [-0.15, -0.1) is 0 Å². The fraction of sp³-hybridized carbons (Fsp3) is 0.0588. The summed E-state index contributed by atoms with van der Waals surface area (Å²) in [5.41, 5.74) is 2.21. The smallest absolute Gasteiger partial charge is 0.142 e. The minimum absolute atomic E-state index is 0.290. The molecule has 0 aliphatic carbocycles. The van der Waals surface area contributed by atoms with Gasteiger partial charge in [-0.25, -0.2) is 4.98 Å². The van der Waals surface area contributed by atoms with Crippen LogP contribution in [0.5, 0.6) is 5.75 Å². The number of hydrogen-bond acceptors (Lipinski definition) is 3. The molecule has 0 aliphatic rings. The first-order chi connectivity index (χ1) is 10.2. The molecule has 4 heteroatoms. The summed E-state index contributed by atoms with van der Waals surface area (Å²) in [6, 6.07) is 17.4. The summed E-state index contributed by atoms with van der Waals surface area (Å²) in [7, 11) is 1.63. The number of pyridine rings is 1. The van der Waals surface area contributed by atoms with Crippen LogP contribution in [0.1, 0.15) is 5.69 Å². The highest BCUT2D eigenvalue weighted by molar-refractivity contribution is 6.34. The molecule has 3 nitrogen and oxygen atoms in total. The van der Waals surface area contributed by atoms with Crippen LogP contribution in [0.4, 0.5) is 0 Å². The van der Waals surface area contributed by atoms with Crippen molar-refractivity contribution in [3.63, 3.8) is 0 Å². The minimum Gasteiger partial charge on any atom is -0.496 e. The number of nitriles is 1. The van der Waals surface area contributed by atoms with Crippen LogP contribution in [0, 0.1) is 11.3 Å². The van der Waals surface area contributed by atoms with Crippen molar-refractivity contribution in [1.29, 1.82) is 5.26 Å². The molecule has 0 saturated carbocycles. The number of ether oxygens (including phenoxy) is 1. The molecule has 0 fully saturated rings. The van der Waals surface area contributed by atoms with E-state index in [-0.39, 0.29) is 5.69 Å². The molecule has 0 radical (unpaired) electrons. The molecule has 0 aliphatic heterocycles. The van der Waals surface area contributed by atoms with Gasteiger partial charge in [-0.05, 0) is 29.1 Å². The van der Waals surface area contributed by atoms with Crippen molar-refractivity contribution >= 4 is 22.4 Å². The lowest BCUT2D eigenvalue weighted by Gasteiger charge is -2.13. The Morgan fingerprint density at radius 1 is 1.10 bits per heavy atom. The normalized spacial score (nSPS) is 10.3. The van der Waals surface area contributed by atoms with E-state index in [1.54, 1.807) is 13.2 Å². The third-order valence-corrected chi connectivity index (χ3v) is 3.61. The summed E-state index contributed by atoms with van der Waals surface area (Å²) < 4.78 is 5.47. The highest BCUT2D eigenvalue weighted by Crippen LogP contribution is 2.38. The predicted octanol–water partition coefficient (Wildman–Crippen LogP) is 4.44. The summed E-state index contributed by atoms with van der Waals surface area (Å²) in [6.45, 7) is 0. The second-order valence-corrected chi connectivity index (χ2v) is 4.87. The Kier molecular flexibility index (Phi) is 3.47. The molecule has 21 heavy (non-hydrogen) atoms. The molecular formula is C17H11ClN2O. The van der Waals surface area contributed by atoms with Gasteiger partial charge in [0.05, 0.1) is 7.11 Å². The molecule has 1 aromatic heterocycles. The molecule has 102 valence electrons. The van der Waals surface area contributed by atoms with Crippen LogP contribution in [-0.4, -0.2) is 12.1 Å². The summed E-state index contributed by atoms with van der Waals surface area (Å²) in [5, 5.41) is 11.1. The zero-order valence-electron chi connectivity index (χ0n) is 11.3. The molecule has 0 spiro atoms. The third-order valence-electron chi connectivity index (χ3n) is 3.33. The van der Waals surface area contributed by atoms with Crippen molar-refractivity contribution in [3.05, 3.63) is 59.4 Å². The van der Waals surface area contributed by atoms with Gasteiger partial charge in [0.15, 0.2) is 0 Å². The van der Waals surface area contributed by atoms with E-state index in [1.807, 2.05) is 48.5 Å². The Balaban J connectivity index is 2.45. The number of aromatic nitrogens is 1. The van der Waals surface area contributed by atoms with Gasteiger partial charge in [0.25, 0.3) is 0 Å². The quantitative estimate of drug-likeness (QED) is 0.657. The second kappa shape index (κ2) is 5.43. The number of methoxy groups -OCH3 is 1. The molecular weight excluding hydrogens is 284 g/mol. The first kappa shape index (κ1) is 13.4. The fourth-order valence-corrected chi connectivity index (χ4v) is 2.65. The molecule has 0 saturated heterocycles. The van der Waals surface area contributed by atoms with Gasteiger partial charge in [0, 0.05) is 10.9 Å². The van der Waals surface area contributed by atoms with Crippen molar-refractivity contribution in [2.24, 2.45) is 0 Å². The van der Waals surface area contributed by atoms with Gasteiger partial charge in [-0.1, -0.05) is 41.9 Å². The van der Waals surface area contributed by atoms with E-state index < -0.39 is 0 Å². The highest BCUT2D eigenvalue weighted by atomic mass is 35.5. The van der Waals surface area contributed by atoms with Crippen LogP contribution >= 0.6 is 11.6 Å². The number of halogens is 1. The topological polar surface area (TPSA) is 45.9 Å². The molecule has 0 bridgehead atoms. The van der Waals surface area contributed by atoms with Crippen LogP contribution in [0.3, 0.4) is 0 Å². The number of nitrogens with zero attached hydrogens (tertiary/aromatic N) is 2. The largest absolute Gasteiger partial charge is 0.496 e. The molecule has 1 heterocycles. The molecule has 3 aromatic rings. The first-order valence-corrected chi connectivity index (χ1v) is 6.75. The number of rotatable bonds is 2. The Labute approximate surface area is 127 Å². The Bertz CT molecular complexity index is 854. The summed E-state index contributed by atoms with van der Waals surface area (Å²) in [5.74, 6) is 0.736. The average Bonchev–Trinajstić information content (AvgIpc) is 2.54. The van der Waals surface area contributed by atoms with Gasteiger partial charge < -0.3 is 4.74 Å². The fourth-order valence-electron chi connectivity index (χ4n) is 2.39. The Morgan fingerprint density at radius 3 is 2.52 bits per heavy atom. The van der Waals surface area contributed by atoms with E-state index in [0.29, 0.717) is 5.15 Å². The SMILES string of the molecule is COc1ccc2c(Cl)nc(C#N)cc2c1-c1ccccc1. The number of benzene rings is 2. The zero-order chi connectivity index (χ0) is 14.8. The third kappa shape index (κ3) is 2.31. The van der Waals surface area contributed by atoms with Crippen LogP contribution < -0.4 is 4.74 Å². The monoisotopic (exact) mass is 294 g/mol. The van der Waals surface area contributed by atoms with Crippen molar-refractivity contribution in [3.8, 4) is 22.9 Å². The Hall–Kier alpha value is -2.57. The summed E-state index contributed by atoms with van der Waals surface area (Å²) >= 11 is 6.19. The van der Waals surface area contributed by atoms with Gasteiger partial charge >= 0.3 is 0 Å². The lowest BCUT2D eigenvalue weighted by atomic mass is 9.97. The van der Waals surface area contributed by atoms with Gasteiger partial charge in [0.2, 0.25) is 0 Å². The molecule has 0 N–H and O–H groups in total. The van der Waals surface area contributed by atoms with Gasteiger partial charge in [-0.3, -0.25) is 0 Å². The number of hydrogen-bond donors (Lipinski definition) is 0. The second-order valence-electron chi connectivity index (χ2n) is 4.51. The highest BCUT2D eigenvalue weighted by Gasteiger charge is 2.14. The minimum atomic E-state index is 0.290. The van der Waals surface area contributed by atoms with E-state index in [0.717, 1.165) is 27.6 Å². The lowest BCUT2D eigenvalue weighted by molar-refractivity contribution is 0.417. The van der Waals surface area contributed by atoms with Crippen molar-refractivity contribution in [2.75, 3.05) is 7.11 Å². The molecule has 3 rings (SSSR count). The number of fused-ring (bicyclic) bond motifs is 1. The standard InChI is InChI=1S/C17H11ClN2O/c1-21-15-8-7-13-14(9-12(10-19)20-17(13)18)16(15)11-5-3-2-4-6-11/h2-9H,1H3. The Morgan fingerprint density at radius 2 is 1.86 bits per heavy atom. The van der Waals surface area contributed by atoms with Gasteiger partial charge in [-0.2, -0.15) is 5.26 Å². The summed E-state index contributed by atoms with van der Waals surface area (Å²) in [4.78, 5) is 4.07. The maximum Gasteiger partial charge on any atom is 0.142 e.